The van der Waals surface area contributed by atoms with E-state index < -0.39 is 12.3 Å². The Kier molecular flexibility index (Phi) is 6.03. The number of nitrogens with one attached hydrogen (secondary N) is 1. The quantitative estimate of drug-likeness (QED) is 0.412. The standard InChI is InChI=1S/C24H17F3N2O4/c1-31-18-10-6-16(7-11-18)28-22(30)20-14-15-4-2-3-5-21(15)32-23(20)29-17-8-12-19(13-9-17)33-24(25,26)27/h2-14H,1H3,(H,28,30). The summed E-state index contributed by atoms with van der Waals surface area (Å²) < 4.78 is 52.0. The van der Waals surface area contributed by atoms with Crippen molar-refractivity contribution in [1.82, 2.24) is 0 Å². The summed E-state index contributed by atoms with van der Waals surface area (Å²) >= 11 is 0. The van der Waals surface area contributed by atoms with Gasteiger partial charge in [0, 0.05) is 11.1 Å². The van der Waals surface area contributed by atoms with Crippen LogP contribution in [0.3, 0.4) is 0 Å². The molecule has 0 spiro atoms. The number of benzene rings is 3. The molecular weight excluding hydrogens is 437 g/mol. The molecule has 1 heterocycles. The van der Waals surface area contributed by atoms with E-state index >= 15 is 0 Å². The molecule has 9 heteroatoms. The second-order valence-corrected chi connectivity index (χ2v) is 6.84. The predicted molar refractivity (Wildman–Crippen MR) is 116 cm³/mol. The Morgan fingerprint density at radius 1 is 0.939 bits per heavy atom. The number of anilines is 1. The number of nitrogens with zero attached hydrogens (tertiary/aromatic N) is 1. The van der Waals surface area contributed by atoms with Crippen LogP contribution in [0.1, 0.15) is 10.4 Å². The number of methoxy groups -OCH3 is 1. The zero-order chi connectivity index (χ0) is 23.4. The first kappa shape index (κ1) is 21.9. The van der Waals surface area contributed by atoms with Crippen molar-refractivity contribution in [3.8, 4) is 11.5 Å². The predicted octanol–water partition coefficient (Wildman–Crippen LogP) is 5.82. The highest BCUT2D eigenvalue weighted by atomic mass is 19.4. The molecule has 0 aliphatic carbocycles. The molecule has 0 atom stereocenters. The van der Waals surface area contributed by atoms with Crippen molar-refractivity contribution in [1.29, 1.82) is 0 Å². The maximum atomic E-state index is 13.0. The van der Waals surface area contributed by atoms with E-state index in [-0.39, 0.29) is 22.6 Å². The van der Waals surface area contributed by atoms with Crippen molar-refractivity contribution >= 4 is 28.3 Å². The fourth-order valence-electron chi connectivity index (χ4n) is 3.03. The van der Waals surface area contributed by atoms with E-state index in [9.17, 15) is 18.0 Å². The summed E-state index contributed by atoms with van der Waals surface area (Å²) in [6.45, 7) is 0. The Balaban J connectivity index is 1.72. The molecule has 0 bridgehead atoms. The number of ether oxygens (including phenoxy) is 2. The zero-order valence-corrected chi connectivity index (χ0v) is 17.2. The lowest BCUT2D eigenvalue weighted by Crippen LogP contribution is -2.21. The summed E-state index contributed by atoms with van der Waals surface area (Å²) in [5, 5.41) is 3.46. The van der Waals surface area contributed by atoms with Crippen molar-refractivity contribution in [2.24, 2.45) is 4.99 Å². The molecule has 6 nitrogen and oxygen atoms in total. The topological polar surface area (TPSA) is 73.1 Å². The van der Waals surface area contributed by atoms with E-state index in [1.807, 2.05) is 0 Å². The minimum atomic E-state index is -4.79. The molecule has 3 aromatic carbocycles. The average Bonchev–Trinajstić information content (AvgIpc) is 2.79. The van der Waals surface area contributed by atoms with Gasteiger partial charge in [0.05, 0.1) is 12.8 Å². The first-order chi connectivity index (χ1) is 15.8. The zero-order valence-electron chi connectivity index (χ0n) is 17.2. The summed E-state index contributed by atoms with van der Waals surface area (Å²) in [5.74, 6) is -0.206. The van der Waals surface area contributed by atoms with Gasteiger partial charge in [-0.1, -0.05) is 18.2 Å². The number of hydrogen-bond acceptors (Lipinski definition) is 5. The molecule has 4 aromatic rings. The van der Waals surface area contributed by atoms with Crippen LogP contribution in [0.5, 0.6) is 11.5 Å². The lowest BCUT2D eigenvalue weighted by Gasteiger charge is -2.09. The molecule has 0 aliphatic heterocycles. The van der Waals surface area contributed by atoms with Crippen LogP contribution in [-0.4, -0.2) is 19.4 Å². The van der Waals surface area contributed by atoms with Gasteiger partial charge in [-0.3, -0.25) is 4.79 Å². The number of hydrogen-bond donors (Lipinski definition) is 1. The van der Waals surface area contributed by atoms with Gasteiger partial charge in [0.2, 0.25) is 5.55 Å². The third-order valence-corrected chi connectivity index (χ3v) is 4.55. The van der Waals surface area contributed by atoms with Gasteiger partial charge in [-0.15, -0.1) is 13.2 Å². The summed E-state index contributed by atoms with van der Waals surface area (Å²) in [7, 11) is 1.54. The van der Waals surface area contributed by atoms with Crippen LogP contribution in [0.2, 0.25) is 0 Å². The second kappa shape index (κ2) is 9.07. The highest BCUT2D eigenvalue weighted by Gasteiger charge is 2.30. The molecule has 1 N–H and O–H groups in total. The Morgan fingerprint density at radius 2 is 1.61 bits per heavy atom. The molecule has 168 valence electrons. The number of rotatable bonds is 5. The Labute approximate surface area is 185 Å². The minimum absolute atomic E-state index is 0.00389. The van der Waals surface area contributed by atoms with Crippen LogP contribution in [0, 0.1) is 0 Å². The van der Waals surface area contributed by atoms with E-state index in [4.69, 9.17) is 9.15 Å². The van der Waals surface area contributed by atoms with Gasteiger partial charge in [-0.25, -0.2) is 4.99 Å². The highest BCUT2D eigenvalue weighted by molar-refractivity contribution is 6.05. The molecule has 0 saturated heterocycles. The normalized spacial score (nSPS) is 11.9. The van der Waals surface area contributed by atoms with Crippen LogP contribution in [-0.2, 0) is 0 Å². The molecule has 0 fully saturated rings. The molecule has 0 saturated carbocycles. The number of carbonyl (C=O) groups excluding carboxylic acids is 1. The fourth-order valence-corrected chi connectivity index (χ4v) is 3.03. The van der Waals surface area contributed by atoms with Crippen LogP contribution in [0.15, 0.2) is 88.3 Å². The molecule has 1 amide bonds. The van der Waals surface area contributed by atoms with Crippen LogP contribution in [0.4, 0.5) is 24.5 Å². The Morgan fingerprint density at radius 3 is 2.27 bits per heavy atom. The van der Waals surface area contributed by atoms with E-state index in [0.717, 1.165) is 12.1 Å². The molecule has 0 radical (unpaired) electrons. The summed E-state index contributed by atoms with van der Waals surface area (Å²) in [6.07, 6.45) is -4.79. The van der Waals surface area contributed by atoms with Gasteiger partial charge in [0.25, 0.3) is 5.91 Å². The largest absolute Gasteiger partial charge is 0.573 e. The van der Waals surface area contributed by atoms with Gasteiger partial charge in [0.15, 0.2) is 0 Å². The van der Waals surface area contributed by atoms with Gasteiger partial charge >= 0.3 is 6.36 Å². The Bertz CT molecular complexity index is 1350. The van der Waals surface area contributed by atoms with Crippen molar-refractivity contribution < 1.29 is 31.9 Å². The maximum Gasteiger partial charge on any atom is 0.573 e. The molecule has 33 heavy (non-hydrogen) atoms. The van der Waals surface area contributed by atoms with Crippen molar-refractivity contribution in [3.05, 3.63) is 90.0 Å². The summed E-state index contributed by atoms with van der Waals surface area (Å²) in [5.41, 5.74) is 1.47. The first-order valence-corrected chi connectivity index (χ1v) is 9.69. The van der Waals surface area contributed by atoms with Crippen molar-refractivity contribution in [3.63, 3.8) is 0 Å². The monoisotopic (exact) mass is 454 g/mol. The molecule has 1 aromatic heterocycles. The lowest BCUT2D eigenvalue weighted by atomic mass is 10.1. The Hall–Kier alpha value is -4.27. The van der Waals surface area contributed by atoms with E-state index in [1.54, 1.807) is 61.7 Å². The maximum absolute atomic E-state index is 13.0. The third-order valence-electron chi connectivity index (χ3n) is 4.55. The SMILES string of the molecule is COc1ccc(NC(=O)c2cc3ccccc3oc2=Nc2ccc(OC(F)(F)F)cc2)cc1. The number of amides is 1. The first-order valence-electron chi connectivity index (χ1n) is 9.69. The number of para-hydroxylation sites is 1. The third kappa shape index (κ3) is 5.51. The number of carbonyl (C=O) groups is 1. The highest BCUT2D eigenvalue weighted by Crippen LogP contribution is 2.25. The summed E-state index contributed by atoms with van der Waals surface area (Å²) in [6, 6.07) is 20.4. The summed E-state index contributed by atoms with van der Waals surface area (Å²) in [4.78, 5) is 17.4. The lowest BCUT2D eigenvalue weighted by molar-refractivity contribution is -0.274. The fraction of sp³-hybridized carbons (Fsp3) is 0.0833. The van der Waals surface area contributed by atoms with E-state index in [0.29, 0.717) is 22.4 Å². The molecule has 0 aliphatic rings. The van der Waals surface area contributed by atoms with E-state index in [1.165, 1.54) is 12.1 Å². The number of fused-ring (bicyclic) bond motifs is 1. The molecule has 4 rings (SSSR count). The van der Waals surface area contributed by atoms with Crippen LogP contribution < -0.4 is 20.3 Å². The number of halogens is 3. The van der Waals surface area contributed by atoms with Gasteiger partial charge in [0.1, 0.15) is 22.6 Å². The van der Waals surface area contributed by atoms with Gasteiger partial charge < -0.3 is 19.2 Å². The average molecular weight is 454 g/mol. The number of alkyl halides is 3. The van der Waals surface area contributed by atoms with Crippen molar-refractivity contribution in [2.75, 3.05) is 12.4 Å². The van der Waals surface area contributed by atoms with Crippen LogP contribution in [0.25, 0.3) is 11.0 Å². The molecular formula is C24H17F3N2O4. The van der Waals surface area contributed by atoms with Crippen molar-refractivity contribution in [2.45, 2.75) is 6.36 Å². The minimum Gasteiger partial charge on any atom is -0.497 e. The second-order valence-electron chi connectivity index (χ2n) is 6.84. The molecule has 0 unspecified atom stereocenters. The smallest absolute Gasteiger partial charge is 0.497 e. The van der Waals surface area contributed by atoms with Crippen LogP contribution >= 0.6 is 0 Å². The van der Waals surface area contributed by atoms with Gasteiger partial charge in [-0.05, 0) is 60.7 Å². The van der Waals surface area contributed by atoms with E-state index in [2.05, 4.69) is 15.0 Å². The van der Waals surface area contributed by atoms with Gasteiger partial charge in [-0.2, -0.15) is 0 Å².